The van der Waals surface area contributed by atoms with E-state index in [2.05, 4.69) is 169 Å². The van der Waals surface area contributed by atoms with Gasteiger partial charge in [-0.1, -0.05) is 0 Å². The Morgan fingerprint density at radius 1 is 0.604 bits per heavy atom. The summed E-state index contributed by atoms with van der Waals surface area (Å²) in [4.78, 5) is 0. The monoisotopic (exact) mass is 741 g/mol. The van der Waals surface area contributed by atoms with E-state index in [1.165, 1.54) is 105 Å². The molecule has 0 unspecified atom stereocenters. The quantitative estimate of drug-likeness (QED) is 0.263. The van der Waals surface area contributed by atoms with E-state index in [4.69, 9.17) is 0 Å². The molecule has 5 aromatic carbocycles. The van der Waals surface area contributed by atoms with E-state index in [-0.39, 0.29) is 35.6 Å². The first-order valence-electron chi connectivity index (χ1n) is 16.4. The molecule has 2 aliphatic carbocycles. The number of halogens is 2. The Kier molecular flexibility index (Phi) is 10.5. The predicted molar refractivity (Wildman–Crippen MR) is 191 cm³/mol. The molecule has 7 rings (SSSR count). The van der Waals surface area contributed by atoms with Gasteiger partial charge in [-0.2, -0.15) is 0 Å². The van der Waals surface area contributed by atoms with E-state index in [0.717, 1.165) is 6.42 Å². The van der Waals surface area contributed by atoms with Gasteiger partial charge in [0.1, 0.15) is 0 Å². The Morgan fingerprint density at radius 2 is 1.17 bits per heavy atom. The minimum absolute atomic E-state index is 0. The summed E-state index contributed by atoms with van der Waals surface area (Å²) in [5.74, 6) is 0. The van der Waals surface area contributed by atoms with E-state index in [1.54, 1.807) is 0 Å². The van der Waals surface area contributed by atoms with Crippen LogP contribution in [0.25, 0.3) is 25.6 Å². The zero-order valence-corrected chi connectivity index (χ0v) is 32.6. The molecule has 0 amide bonds. The molecule has 239 valence electrons. The second-order valence-corrected chi connectivity index (χ2v) is 15.9. The minimum atomic E-state index is -0.117. The Bertz CT molecular complexity index is 2230. The third-order valence-corrected chi connectivity index (χ3v) is 10.7. The molecule has 48 heavy (non-hydrogen) atoms. The van der Waals surface area contributed by atoms with E-state index in [1.807, 2.05) is 0 Å². The Morgan fingerprint density at radius 3 is 1.67 bits per heavy atom. The van der Waals surface area contributed by atoms with E-state index in [9.17, 15) is 0 Å². The largest absolute Gasteiger partial charge is 1.00 e. The first kappa shape index (κ1) is 36.1. The molecule has 5 aromatic rings. The second kappa shape index (κ2) is 14.0. The van der Waals surface area contributed by atoms with Gasteiger partial charge in [0.2, 0.25) is 0 Å². The summed E-state index contributed by atoms with van der Waals surface area (Å²) in [6.07, 6.45) is 7.89. The van der Waals surface area contributed by atoms with Crippen molar-refractivity contribution in [3.63, 3.8) is 0 Å². The van der Waals surface area contributed by atoms with Gasteiger partial charge in [0.15, 0.2) is 0 Å². The van der Waals surface area contributed by atoms with Crippen LogP contribution < -0.4 is 35.3 Å². The van der Waals surface area contributed by atoms with Crippen LogP contribution in [0.15, 0.2) is 127 Å². The molecule has 0 heterocycles. The summed E-state index contributed by atoms with van der Waals surface area (Å²) in [5.41, 5.74) is 13.5. The topological polar surface area (TPSA) is 0 Å². The average molecular weight is 744 g/mol. The van der Waals surface area contributed by atoms with Gasteiger partial charge in [0.05, 0.1) is 0 Å². The molecule has 0 saturated carbocycles. The normalized spacial score (nSPS) is 13.3. The molecule has 0 fully saturated rings. The molecule has 0 aromatic heterocycles. The number of hydrogen-bond acceptors (Lipinski definition) is 0. The molecule has 0 bridgehead atoms. The van der Waals surface area contributed by atoms with Crippen LogP contribution in [-0.4, -0.2) is 0 Å². The molecule has 0 radical (unpaired) electrons. The smallest absolute Gasteiger partial charge is 1.00 e. The third-order valence-electron chi connectivity index (χ3n) is 9.45. The van der Waals surface area contributed by atoms with Gasteiger partial charge in [-0.15, -0.1) is 0 Å². The van der Waals surface area contributed by atoms with Crippen molar-refractivity contribution in [1.82, 2.24) is 0 Å². The second-order valence-electron chi connectivity index (χ2n) is 14.7. The third kappa shape index (κ3) is 6.31. The van der Waals surface area contributed by atoms with Gasteiger partial charge in [-0.3, -0.25) is 0 Å². The summed E-state index contributed by atoms with van der Waals surface area (Å²) in [7, 11) is 0. The molecule has 3 heteroatoms. The molecule has 0 N–H and O–H groups in total. The zero-order valence-electron chi connectivity index (χ0n) is 28.6. The number of hydrogen-bond donors (Lipinski definition) is 0. The van der Waals surface area contributed by atoms with Crippen molar-refractivity contribution >= 4 is 14.4 Å². The van der Waals surface area contributed by atoms with E-state index in [0.29, 0.717) is 0 Å². The number of benzene rings is 5. The van der Waals surface area contributed by atoms with Gasteiger partial charge >= 0.3 is 291 Å². The van der Waals surface area contributed by atoms with Crippen molar-refractivity contribution in [2.75, 3.05) is 0 Å². The summed E-state index contributed by atoms with van der Waals surface area (Å²) in [5, 5.41) is 5.50. The van der Waals surface area contributed by atoms with E-state index >= 15 is 0 Å². The molecule has 0 spiro atoms. The van der Waals surface area contributed by atoms with Gasteiger partial charge in [-0.25, -0.2) is 0 Å². The van der Waals surface area contributed by atoms with Gasteiger partial charge in [-0.05, 0) is 0 Å². The van der Waals surface area contributed by atoms with Crippen molar-refractivity contribution in [3.8, 4) is 11.1 Å². The maximum atomic E-state index is 2.50. The minimum Gasteiger partial charge on any atom is -1.00 e. The van der Waals surface area contributed by atoms with Crippen molar-refractivity contribution in [2.24, 2.45) is 0 Å². The number of allylic oxidation sites excluding steroid dienone is 4. The Balaban J connectivity index is 0.00000225. The van der Waals surface area contributed by atoms with Crippen LogP contribution >= 0.6 is 0 Å². The van der Waals surface area contributed by atoms with Crippen molar-refractivity contribution < 1.29 is 49.5 Å². The van der Waals surface area contributed by atoms with Crippen LogP contribution in [0.5, 0.6) is 0 Å². The zero-order chi connectivity index (χ0) is 32.2. The van der Waals surface area contributed by atoms with Gasteiger partial charge in [0, 0.05) is 0 Å². The van der Waals surface area contributed by atoms with Crippen LogP contribution in [-0.2, 0) is 35.5 Å². The Labute approximate surface area is 313 Å². The standard InChI is InChI=1S/C45H41.2ClH.Zr/c1-44(2,3)35-26-27-36-34(28-35)29-37-39(32-24-16-17-25-32)43(45(4,5)6)40(33-22-14-9-15-23-33)42(41(36)37)38(30-18-10-7-11-19-30)31-20-12-8-13-21-31;;;/h7-24,26-28H,25H2,1-6H3;2*1H;/q;;;+2/p-2. The summed E-state index contributed by atoms with van der Waals surface area (Å²) >= 11 is 1.45. The van der Waals surface area contributed by atoms with Crippen LogP contribution in [0.1, 0.15) is 81.3 Å². The molecule has 0 aliphatic heterocycles. The maximum Gasteiger partial charge on any atom is -1.00 e. The first-order valence-corrected chi connectivity index (χ1v) is 17.7. The molecule has 2 aliphatic rings. The summed E-state index contributed by atoms with van der Waals surface area (Å²) in [6, 6.07) is 40.6. The summed E-state index contributed by atoms with van der Waals surface area (Å²) < 4.78 is 1.47. The fourth-order valence-corrected chi connectivity index (χ4v) is 8.47. The van der Waals surface area contributed by atoms with Crippen LogP contribution in [0, 0.1) is 10.4 Å². The maximum absolute atomic E-state index is 2.50. The van der Waals surface area contributed by atoms with Gasteiger partial charge in [0.25, 0.3) is 0 Å². The van der Waals surface area contributed by atoms with Crippen molar-refractivity contribution in [3.05, 3.63) is 182 Å². The molecule has 0 saturated heterocycles. The van der Waals surface area contributed by atoms with Crippen molar-refractivity contribution in [1.29, 1.82) is 0 Å². The van der Waals surface area contributed by atoms with Crippen LogP contribution in [0.2, 0.25) is 0 Å². The first-order chi connectivity index (χ1) is 22.1. The fourth-order valence-electron chi connectivity index (χ4n) is 7.35. The van der Waals surface area contributed by atoms with Crippen molar-refractivity contribution in [2.45, 2.75) is 58.8 Å². The van der Waals surface area contributed by atoms with Crippen LogP contribution in [0.4, 0.5) is 0 Å². The molecule has 0 nitrogen and oxygen atoms in total. The summed E-state index contributed by atoms with van der Waals surface area (Å²) in [6.45, 7) is 14.2. The van der Waals surface area contributed by atoms with Crippen LogP contribution in [0.3, 0.4) is 0 Å². The average Bonchev–Trinajstić information content (AvgIpc) is 3.68. The number of fused-ring (bicyclic) bond motifs is 2. The number of rotatable bonds is 4. The molecular formula is C45H41Cl2Zr. The molecule has 0 atom stereocenters. The fraction of sp³-hybridized carbons (Fsp3) is 0.200. The van der Waals surface area contributed by atoms with Gasteiger partial charge < -0.3 is 24.8 Å². The SMILES string of the molecule is CC(C)(C)c1ccc2c(c1)=[C]([Zr+2])c1c(C3=CC=CC3)c(C(C)(C)C)c(-c3ccccc3)c(=C(c3ccccc3)c3ccccc3)c1=2.[Cl-].[Cl-]. The molecular weight excluding hydrogens is 703 g/mol. The predicted octanol–water partition coefficient (Wildman–Crippen LogP) is 3.85. The Hall–Kier alpha value is -3.22. The van der Waals surface area contributed by atoms with E-state index < -0.39 is 0 Å².